The molecule has 1 aliphatic heterocycles. The van der Waals surface area contributed by atoms with Crippen LogP contribution in [0.3, 0.4) is 0 Å². The van der Waals surface area contributed by atoms with Crippen LogP contribution in [0.2, 0.25) is 0 Å². The van der Waals surface area contributed by atoms with Crippen molar-refractivity contribution in [3.8, 4) is 0 Å². The summed E-state index contributed by atoms with van der Waals surface area (Å²) in [5.41, 5.74) is 0.624. The van der Waals surface area contributed by atoms with Crippen LogP contribution in [0, 0.1) is 17.6 Å². The molecule has 6 heteroatoms. The lowest BCUT2D eigenvalue weighted by molar-refractivity contribution is -0.128. The second kappa shape index (κ2) is 6.53. The highest BCUT2D eigenvalue weighted by atomic mass is 19.2. The topological polar surface area (TPSA) is 41.6 Å². The van der Waals surface area contributed by atoms with Crippen LogP contribution in [0.25, 0.3) is 0 Å². The van der Waals surface area contributed by atoms with E-state index in [1.165, 1.54) is 6.07 Å². The van der Waals surface area contributed by atoms with Crippen LogP contribution in [0.5, 0.6) is 0 Å². The minimum atomic E-state index is -0.875. The van der Waals surface area contributed by atoms with Gasteiger partial charge in [0.15, 0.2) is 11.6 Å². The zero-order valence-corrected chi connectivity index (χ0v) is 13.4. The van der Waals surface area contributed by atoms with E-state index in [0.29, 0.717) is 17.9 Å². The maximum Gasteiger partial charge on any atom is 0.220 e. The second-order valence-electron chi connectivity index (χ2n) is 6.58. The number of rotatable bonds is 5. The summed E-state index contributed by atoms with van der Waals surface area (Å²) in [6.45, 7) is 0.751. The molecule has 1 aromatic rings. The number of fused-ring (bicyclic) bond motifs is 1. The zero-order valence-electron chi connectivity index (χ0n) is 13.4. The number of likely N-dealkylation sites (N-methyl/N-ethyl adjacent to an activating group) is 1. The van der Waals surface area contributed by atoms with Crippen LogP contribution in [-0.2, 0) is 16.0 Å². The molecule has 4 atom stereocenters. The molecule has 1 aromatic carbocycles. The van der Waals surface area contributed by atoms with Gasteiger partial charge in [-0.25, -0.2) is 8.78 Å². The molecular weight excluding hydrogens is 302 g/mol. The number of ether oxygens (including phenoxy) is 1. The molecule has 23 heavy (non-hydrogen) atoms. The van der Waals surface area contributed by atoms with Crippen LogP contribution in [0.1, 0.15) is 18.4 Å². The maximum absolute atomic E-state index is 13.2. The second-order valence-corrected chi connectivity index (χ2v) is 6.58. The van der Waals surface area contributed by atoms with E-state index in [-0.39, 0.29) is 30.5 Å². The minimum Gasteiger partial charge on any atom is -0.376 e. The van der Waals surface area contributed by atoms with Gasteiger partial charge in [-0.1, -0.05) is 6.07 Å². The highest BCUT2D eigenvalue weighted by Crippen LogP contribution is 2.41. The van der Waals surface area contributed by atoms with Gasteiger partial charge >= 0.3 is 0 Å². The van der Waals surface area contributed by atoms with Gasteiger partial charge in [0.2, 0.25) is 5.91 Å². The number of benzene rings is 1. The highest BCUT2D eigenvalue weighted by molar-refractivity contribution is 5.77. The molecule has 1 amide bonds. The first-order valence-corrected chi connectivity index (χ1v) is 7.98. The molecule has 0 unspecified atom stereocenters. The SMILES string of the molecule is CN(C)[C@@H]1[C@@H](NC(=O)CCc2ccc(F)c(F)c2)[C@H]2CCO[C@H]21. The van der Waals surface area contributed by atoms with Crippen molar-refractivity contribution in [2.75, 3.05) is 20.7 Å². The Bertz CT molecular complexity index is 594. The highest BCUT2D eigenvalue weighted by Gasteiger charge is 2.55. The van der Waals surface area contributed by atoms with E-state index in [2.05, 4.69) is 10.2 Å². The molecular formula is C17H22F2N2O2. The summed E-state index contributed by atoms with van der Waals surface area (Å²) in [5, 5.41) is 3.09. The summed E-state index contributed by atoms with van der Waals surface area (Å²) in [4.78, 5) is 14.3. The third kappa shape index (κ3) is 3.23. The van der Waals surface area contributed by atoms with E-state index in [4.69, 9.17) is 4.74 Å². The average Bonchev–Trinajstić information content (AvgIpc) is 2.89. The molecule has 2 aliphatic rings. The Morgan fingerprint density at radius 3 is 2.83 bits per heavy atom. The Hall–Kier alpha value is -1.53. The van der Waals surface area contributed by atoms with Gasteiger partial charge in [-0.3, -0.25) is 4.79 Å². The smallest absolute Gasteiger partial charge is 0.220 e. The summed E-state index contributed by atoms with van der Waals surface area (Å²) >= 11 is 0. The number of carbonyl (C=O) groups excluding carboxylic acids is 1. The number of aryl methyl sites for hydroxylation is 1. The molecule has 1 heterocycles. The molecule has 0 bridgehead atoms. The quantitative estimate of drug-likeness (QED) is 0.897. The third-order valence-corrected chi connectivity index (χ3v) is 4.90. The van der Waals surface area contributed by atoms with Gasteiger partial charge in [-0.15, -0.1) is 0 Å². The number of hydrogen-bond acceptors (Lipinski definition) is 3. The van der Waals surface area contributed by atoms with Crippen molar-refractivity contribution >= 4 is 5.91 Å². The lowest BCUT2D eigenvalue weighted by Gasteiger charge is -2.50. The number of amides is 1. The first kappa shape index (κ1) is 16.3. The van der Waals surface area contributed by atoms with E-state index >= 15 is 0 Å². The van der Waals surface area contributed by atoms with Crippen molar-refractivity contribution in [3.63, 3.8) is 0 Å². The average molecular weight is 324 g/mol. The van der Waals surface area contributed by atoms with Gasteiger partial charge in [-0.05, 0) is 44.6 Å². The summed E-state index contributed by atoms with van der Waals surface area (Å²) in [7, 11) is 3.98. The number of nitrogens with zero attached hydrogens (tertiary/aromatic N) is 1. The van der Waals surface area contributed by atoms with Crippen molar-refractivity contribution in [2.45, 2.75) is 37.5 Å². The van der Waals surface area contributed by atoms with Gasteiger partial charge in [0.25, 0.3) is 0 Å². The fourth-order valence-corrected chi connectivity index (χ4v) is 3.69. The molecule has 1 saturated carbocycles. The summed E-state index contributed by atoms with van der Waals surface area (Å²) in [6.07, 6.45) is 1.84. The molecule has 126 valence electrons. The molecule has 0 aromatic heterocycles. The first-order valence-electron chi connectivity index (χ1n) is 7.98. The maximum atomic E-state index is 13.2. The molecule has 2 fully saturated rings. The number of halogens is 2. The van der Waals surface area contributed by atoms with Crippen LogP contribution < -0.4 is 5.32 Å². The Balaban J connectivity index is 1.53. The van der Waals surface area contributed by atoms with E-state index in [1.807, 2.05) is 14.1 Å². The van der Waals surface area contributed by atoms with Crippen molar-refractivity contribution in [3.05, 3.63) is 35.4 Å². The summed E-state index contributed by atoms with van der Waals surface area (Å²) in [5.74, 6) is -1.42. The molecule has 0 radical (unpaired) electrons. The van der Waals surface area contributed by atoms with E-state index < -0.39 is 11.6 Å². The largest absolute Gasteiger partial charge is 0.376 e. The lowest BCUT2D eigenvalue weighted by atomic mass is 9.71. The predicted molar refractivity (Wildman–Crippen MR) is 81.9 cm³/mol. The molecule has 0 spiro atoms. The van der Waals surface area contributed by atoms with Crippen LogP contribution in [0.4, 0.5) is 8.78 Å². The number of nitrogens with one attached hydrogen (secondary N) is 1. The van der Waals surface area contributed by atoms with Gasteiger partial charge in [0, 0.05) is 18.9 Å². The zero-order chi connectivity index (χ0) is 16.6. The normalized spacial score (nSPS) is 29.3. The number of hydrogen-bond donors (Lipinski definition) is 1. The molecule has 1 saturated heterocycles. The Labute approximate surface area is 134 Å². The van der Waals surface area contributed by atoms with Crippen molar-refractivity contribution in [2.24, 2.45) is 5.92 Å². The monoisotopic (exact) mass is 324 g/mol. The molecule has 1 N–H and O–H groups in total. The first-order chi connectivity index (χ1) is 11.0. The minimum absolute atomic E-state index is 0.0584. The molecule has 4 nitrogen and oxygen atoms in total. The fourth-order valence-electron chi connectivity index (χ4n) is 3.69. The molecule has 3 rings (SSSR count). The van der Waals surface area contributed by atoms with E-state index in [1.54, 1.807) is 0 Å². The van der Waals surface area contributed by atoms with Crippen molar-refractivity contribution < 1.29 is 18.3 Å². The van der Waals surface area contributed by atoms with Crippen LogP contribution >= 0.6 is 0 Å². The van der Waals surface area contributed by atoms with Gasteiger partial charge in [-0.2, -0.15) is 0 Å². The lowest BCUT2D eigenvalue weighted by Crippen LogP contribution is -2.69. The van der Waals surface area contributed by atoms with E-state index in [9.17, 15) is 13.6 Å². The third-order valence-electron chi connectivity index (χ3n) is 4.90. The summed E-state index contributed by atoms with van der Waals surface area (Å²) < 4.78 is 31.8. The molecule has 1 aliphatic carbocycles. The predicted octanol–water partition coefficient (Wildman–Crippen LogP) is 1.73. The Morgan fingerprint density at radius 1 is 1.35 bits per heavy atom. The van der Waals surface area contributed by atoms with Gasteiger partial charge < -0.3 is 15.0 Å². The number of carbonyl (C=O) groups is 1. The van der Waals surface area contributed by atoms with Gasteiger partial charge in [0.1, 0.15) is 0 Å². The van der Waals surface area contributed by atoms with Crippen LogP contribution in [-0.4, -0.2) is 49.7 Å². The Morgan fingerprint density at radius 2 is 2.13 bits per heavy atom. The Kier molecular flexibility index (Phi) is 4.64. The van der Waals surface area contributed by atoms with Gasteiger partial charge in [0.05, 0.1) is 18.2 Å². The van der Waals surface area contributed by atoms with Crippen molar-refractivity contribution in [1.82, 2.24) is 10.2 Å². The fraction of sp³-hybridized carbons (Fsp3) is 0.588. The van der Waals surface area contributed by atoms with Crippen LogP contribution in [0.15, 0.2) is 18.2 Å². The standard InChI is InChI=1S/C17H22F2N2O2/c1-21(2)16-15(11-7-8-23-17(11)16)20-14(22)6-4-10-3-5-12(18)13(19)9-10/h3,5,9,11,15-17H,4,6-8H2,1-2H3,(H,20,22)/t11-,15+,16-,17-/m1/s1. The van der Waals surface area contributed by atoms with E-state index in [0.717, 1.165) is 25.2 Å². The summed E-state index contributed by atoms with van der Waals surface area (Å²) in [6, 6.07) is 4.06. The van der Waals surface area contributed by atoms with Crippen molar-refractivity contribution in [1.29, 1.82) is 0 Å².